The fraction of sp³-hybridized carbons (Fsp3) is 0.414. The number of piperidine rings is 1. The van der Waals surface area contributed by atoms with Gasteiger partial charge in [0.25, 0.3) is 0 Å². The Labute approximate surface area is 224 Å². The van der Waals surface area contributed by atoms with Gasteiger partial charge in [0.05, 0.1) is 19.3 Å². The van der Waals surface area contributed by atoms with Crippen LogP contribution in [0.1, 0.15) is 23.5 Å². The van der Waals surface area contributed by atoms with Gasteiger partial charge in [-0.25, -0.2) is 9.18 Å². The Hall–Kier alpha value is -2.98. The van der Waals surface area contributed by atoms with Crippen LogP contribution in [0.3, 0.4) is 0 Å². The lowest BCUT2D eigenvalue weighted by Gasteiger charge is -2.36. The van der Waals surface area contributed by atoms with Crippen LogP contribution < -0.4 is 4.74 Å². The summed E-state index contributed by atoms with van der Waals surface area (Å²) < 4.78 is 31.4. The number of benzene rings is 3. The molecule has 2 unspecified atom stereocenters. The van der Waals surface area contributed by atoms with Gasteiger partial charge in [-0.05, 0) is 53.2 Å². The highest BCUT2D eigenvalue weighted by Gasteiger charge is 2.33. The second kappa shape index (κ2) is 12.7. The quantitative estimate of drug-likeness (QED) is 0.165. The first-order valence-electron chi connectivity index (χ1n) is 12.9. The first-order chi connectivity index (χ1) is 18.2. The topological polar surface area (TPSA) is 77.5 Å². The van der Waals surface area contributed by atoms with E-state index >= 15 is 0 Å². The summed E-state index contributed by atoms with van der Waals surface area (Å²) in [7, 11) is -1.14. The molecule has 38 heavy (non-hydrogen) atoms. The number of hydrogen-bond donors (Lipinski definition) is 1. The molecular formula is C29H36FNO6Si. The summed E-state index contributed by atoms with van der Waals surface area (Å²) in [5.41, 5.74) is 1.94. The molecule has 204 valence electrons. The van der Waals surface area contributed by atoms with E-state index in [0.29, 0.717) is 26.2 Å². The fourth-order valence-corrected chi connectivity index (χ4v) is 5.36. The molecule has 1 fully saturated rings. The van der Waals surface area contributed by atoms with Crippen LogP contribution in [0.25, 0.3) is 10.8 Å². The number of rotatable bonds is 11. The lowest BCUT2D eigenvalue weighted by Crippen LogP contribution is -2.44. The van der Waals surface area contributed by atoms with Gasteiger partial charge in [-0.2, -0.15) is 0 Å². The van der Waals surface area contributed by atoms with Crippen LogP contribution in [0.4, 0.5) is 9.18 Å². The van der Waals surface area contributed by atoms with Crippen LogP contribution in [0, 0.1) is 5.82 Å². The monoisotopic (exact) mass is 541 g/mol. The molecule has 1 N–H and O–H groups in total. The number of nitrogens with zero attached hydrogens (tertiary/aromatic N) is 1. The SMILES string of the molecule is C[Si](C)(C)CCOCOc1cccc2cc(COC3CN(OC(=O)O)CCC3c3ccc(F)cc3)ccc12. The van der Waals surface area contributed by atoms with Crippen LogP contribution >= 0.6 is 0 Å². The normalized spacial score (nSPS) is 18.4. The minimum Gasteiger partial charge on any atom is -0.467 e. The molecule has 1 saturated heterocycles. The summed E-state index contributed by atoms with van der Waals surface area (Å²) in [5.74, 6) is 0.467. The molecule has 1 aliphatic heterocycles. The number of carbonyl (C=O) groups is 1. The zero-order valence-electron chi connectivity index (χ0n) is 22.2. The van der Waals surface area contributed by atoms with Gasteiger partial charge in [-0.1, -0.05) is 56.0 Å². The Morgan fingerprint density at radius 3 is 2.63 bits per heavy atom. The molecule has 1 heterocycles. The van der Waals surface area contributed by atoms with E-state index in [1.807, 2.05) is 30.3 Å². The molecule has 0 aromatic heterocycles. The third-order valence-electron chi connectivity index (χ3n) is 6.69. The predicted molar refractivity (Wildman–Crippen MR) is 147 cm³/mol. The molecule has 0 amide bonds. The first kappa shape index (κ1) is 28.0. The third kappa shape index (κ3) is 8.01. The van der Waals surface area contributed by atoms with Gasteiger partial charge < -0.3 is 24.2 Å². The van der Waals surface area contributed by atoms with Gasteiger partial charge in [-0.15, -0.1) is 5.06 Å². The Bertz CT molecular complexity index is 1220. The van der Waals surface area contributed by atoms with E-state index in [2.05, 4.69) is 25.7 Å². The van der Waals surface area contributed by atoms with Crippen molar-refractivity contribution in [3.05, 3.63) is 77.6 Å². The smallest absolute Gasteiger partial charge is 0.467 e. The van der Waals surface area contributed by atoms with E-state index in [9.17, 15) is 9.18 Å². The van der Waals surface area contributed by atoms with Crippen molar-refractivity contribution in [2.24, 2.45) is 0 Å². The van der Waals surface area contributed by atoms with Crippen LogP contribution in [0.5, 0.6) is 5.75 Å². The van der Waals surface area contributed by atoms with Gasteiger partial charge in [0, 0.05) is 32.5 Å². The van der Waals surface area contributed by atoms with Crippen molar-refractivity contribution in [3.8, 4) is 5.75 Å². The maximum atomic E-state index is 13.5. The van der Waals surface area contributed by atoms with E-state index in [0.717, 1.165) is 33.7 Å². The van der Waals surface area contributed by atoms with Gasteiger partial charge in [0.1, 0.15) is 11.6 Å². The summed E-state index contributed by atoms with van der Waals surface area (Å²) in [6.45, 7) is 8.95. The van der Waals surface area contributed by atoms with Crippen molar-refractivity contribution in [1.29, 1.82) is 0 Å². The van der Waals surface area contributed by atoms with Gasteiger partial charge in [0.15, 0.2) is 6.79 Å². The predicted octanol–water partition coefficient (Wildman–Crippen LogP) is 6.65. The highest BCUT2D eigenvalue weighted by molar-refractivity contribution is 6.76. The standard InChI is InChI=1S/C29H36FNO6Si/c1-38(2,3)16-15-34-20-36-27-6-4-5-23-17-21(7-12-25(23)27)19-35-28-18-31(37-29(32)33)14-13-26(28)22-8-10-24(30)11-9-22/h4-12,17,26,28H,13-16,18-20H2,1-3H3,(H,32,33). The minimum absolute atomic E-state index is 0.00865. The molecule has 0 saturated carbocycles. The molecule has 0 radical (unpaired) electrons. The second-order valence-corrected chi connectivity index (χ2v) is 16.5. The van der Waals surface area contributed by atoms with Crippen molar-refractivity contribution in [2.75, 3.05) is 26.5 Å². The number of ether oxygens (including phenoxy) is 3. The zero-order valence-corrected chi connectivity index (χ0v) is 23.2. The average Bonchev–Trinajstić information content (AvgIpc) is 2.87. The highest BCUT2D eigenvalue weighted by atomic mass is 28.3. The summed E-state index contributed by atoms with van der Waals surface area (Å²) >= 11 is 0. The Morgan fingerprint density at radius 2 is 1.89 bits per heavy atom. The summed E-state index contributed by atoms with van der Waals surface area (Å²) in [6.07, 6.45) is -1.05. The molecule has 0 bridgehead atoms. The lowest BCUT2D eigenvalue weighted by atomic mass is 9.87. The lowest BCUT2D eigenvalue weighted by molar-refractivity contribution is -0.166. The Morgan fingerprint density at radius 1 is 1.11 bits per heavy atom. The molecule has 7 nitrogen and oxygen atoms in total. The molecule has 1 aliphatic rings. The van der Waals surface area contributed by atoms with Crippen molar-refractivity contribution in [3.63, 3.8) is 0 Å². The highest BCUT2D eigenvalue weighted by Crippen LogP contribution is 2.32. The van der Waals surface area contributed by atoms with Crippen LogP contribution in [0.15, 0.2) is 60.7 Å². The van der Waals surface area contributed by atoms with Crippen LogP contribution in [0.2, 0.25) is 25.7 Å². The summed E-state index contributed by atoms with van der Waals surface area (Å²) in [4.78, 5) is 16.0. The van der Waals surface area contributed by atoms with E-state index in [-0.39, 0.29) is 31.2 Å². The number of hydroxylamine groups is 2. The Kier molecular flexibility index (Phi) is 9.38. The molecule has 0 spiro atoms. The summed E-state index contributed by atoms with van der Waals surface area (Å²) in [5, 5.41) is 12.5. The molecule has 2 atom stereocenters. The number of carboxylic acid groups (broad SMARTS) is 1. The Balaban J connectivity index is 1.41. The average molecular weight is 542 g/mol. The molecule has 4 rings (SSSR count). The number of fused-ring (bicyclic) bond motifs is 1. The van der Waals surface area contributed by atoms with E-state index < -0.39 is 14.2 Å². The van der Waals surface area contributed by atoms with Gasteiger partial charge in [-0.3, -0.25) is 0 Å². The minimum atomic E-state index is -1.35. The molecule has 3 aromatic rings. The van der Waals surface area contributed by atoms with Crippen LogP contribution in [-0.2, 0) is 20.9 Å². The van der Waals surface area contributed by atoms with Crippen molar-refractivity contribution in [1.82, 2.24) is 5.06 Å². The van der Waals surface area contributed by atoms with Gasteiger partial charge in [0.2, 0.25) is 0 Å². The van der Waals surface area contributed by atoms with Crippen LogP contribution in [-0.4, -0.2) is 57.0 Å². The first-order valence-corrected chi connectivity index (χ1v) is 16.6. The van der Waals surface area contributed by atoms with E-state index in [1.165, 1.54) is 17.2 Å². The fourth-order valence-electron chi connectivity index (χ4n) is 4.61. The third-order valence-corrected chi connectivity index (χ3v) is 8.39. The van der Waals surface area contributed by atoms with Gasteiger partial charge >= 0.3 is 6.16 Å². The van der Waals surface area contributed by atoms with Crippen molar-refractivity contribution < 1.29 is 33.3 Å². The zero-order chi connectivity index (χ0) is 27.1. The van der Waals surface area contributed by atoms with Crippen molar-refractivity contribution in [2.45, 2.75) is 50.7 Å². The molecule has 0 aliphatic carbocycles. The molecule has 9 heteroatoms. The van der Waals surface area contributed by atoms with E-state index in [1.54, 1.807) is 12.1 Å². The second-order valence-electron chi connectivity index (χ2n) is 10.8. The summed E-state index contributed by atoms with van der Waals surface area (Å²) in [6, 6.07) is 19.5. The van der Waals surface area contributed by atoms with E-state index in [4.69, 9.17) is 24.2 Å². The maximum absolute atomic E-state index is 13.5. The molecular weight excluding hydrogens is 505 g/mol. The number of halogens is 1. The largest absolute Gasteiger partial charge is 0.525 e. The van der Waals surface area contributed by atoms with Crippen molar-refractivity contribution >= 4 is 25.0 Å². The number of hydrogen-bond acceptors (Lipinski definition) is 6. The molecule has 3 aromatic carbocycles. The maximum Gasteiger partial charge on any atom is 0.525 e.